The zero-order valence-electron chi connectivity index (χ0n) is 7.80. The third-order valence-corrected chi connectivity index (χ3v) is 2.95. The van der Waals surface area contributed by atoms with Crippen molar-refractivity contribution < 1.29 is 0 Å². The van der Waals surface area contributed by atoms with Crippen molar-refractivity contribution in [3.8, 4) is 0 Å². The first-order valence-corrected chi connectivity index (χ1v) is 4.92. The first-order valence-electron chi connectivity index (χ1n) is 4.92. The minimum absolute atomic E-state index is 0.494. The van der Waals surface area contributed by atoms with E-state index in [0.717, 1.165) is 0 Å². The van der Waals surface area contributed by atoms with Crippen molar-refractivity contribution in [2.75, 3.05) is 0 Å². The van der Waals surface area contributed by atoms with Crippen LogP contribution in [-0.2, 0) is 0 Å². The van der Waals surface area contributed by atoms with Gasteiger partial charge in [-0.25, -0.2) is 0 Å². The molecule has 0 spiro atoms. The Labute approximate surface area is 83.5 Å². The summed E-state index contributed by atoms with van der Waals surface area (Å²) in [6.07, 6.45) is 19.1. The summed E-state index contributed by atoms with van der Waals surface area (Å²) < 4.78 is 0. The summed E-state index contributed by atoms with van der Waals surface area (Å²) in [5.41, 5.74) is 2.72. The number of rotatable bonds is 0. The normalized spacial score (nSPS) is 32.0. The highest BCUT2D eigenvalue weighted by atomic mass is 14.7. The van der Waals surface area contributed by atoms with Crippen molar-refractivity contribution in [1.29, 1.82) is 0 Å². The number of hydrogen-bond acceptors (Lipinski definition) is 1. The van der Waals surface area contributed by atoms with Crippen LogP contribution in [0.25, 0.3) is 0 Å². The van der Waals surface area contributed by atoms with Gasteiger partial charge in [0.2, 0.25) is 0 Å². The maximum Gasteiger partial charge on any atom is 0.0306 e. The molecule has 0 aromatic carbocycles. The zero-order valence-corrected chi connectivity index (χ0v) is 7.80. The zero-order chi connectivity index (χ0) is 9.38. The Morgan fingerprint density at radius 2 is 1.79 bits per heavy atom. The molecule has 68 valence electrons. The number of hydrogen-bond donors (Lipinski definition) is 0. The highest BCUT2D eigenvalue weighted by molar-refractivity contribution is 5.83. The molecule has 0 unspecified atom stereocenters. The van der Waals surface area contributed by atoms with Gasteiger partial charge in [-0.2, -0.15) is 0 Å². The molecule has 0 amide bonds. The third-order valence-electron chi connectivity index (χ3n) is 2.95. The van der Waals surface area contributed by atoms with Gasteiger partial charge < -0.3 is 0 Å². The lowest BCUT2D eigenvalue weighted by Crippen LogP contribution is -2.20. The van der Waals surface area contributed by atoms with E-state index in [-0.39, 0.29) is 0 Å². The summed E-state index contributed by atoms with van der Waals surface area (Å²) in [4.78, 5) is 4.15. The first-order chi connectivity index (χ1) is 6.95. The number of nitrogens with zero attached hydrogens (tertiary/aromatic N) is 1. The van der Waals surface area contributed by atoms with Crippen LogP contribution in [0.15, 0.2) is 64.9 Å². The molecule has 0 aromatic heterocycles. The Kier molecular flexibility index (Phi) is 1.63. The number of aliphatic imine (C=N–C) groups is 1. The van der Waals surface area contributed by atoms with Crippen LogP contribution >= 0.6 is 0 Å². The summed E-state index contributed by atoms with van der Waals surface area (Å²) in [6.45, 7) is 0. The Hall–Kier alpha value is -1.63. The van der Waals surface area contributed by atoms with E-state index in [9.17, 15) is 0 Å². The Morgan fingerprint density at radius 3 is 2.79 bits per heavy atom. The molecule has 1 heterocycles. The van der Waals surface area contributed by atoms with Gasteiger partial charge in [-0.1, -0.05) is 42.5 Å². The van der Waals surface area contributed by atoms with Crippen LogP contribution in [0.5, 0.6) is 0 Å². The molecule has 0 fully saturated rings. The molecule has 2 aliphatic carbocycles. The molecule has 0 radical (unpaired) electrons. The molecule has 1 heteroatoms. The van der Waals surface area contributed by atoms with Gasteiger partial charge >= 0.3 is 0 Å². The average Bonchev–Trinajstić information content (AvgIpc) is 2.29. The molecular weight excluding hydrogens is 170 g/mol. The summed E-state index contributed by atoms with van der Waals surface area (Å²) in [7, 11) is 0. The van der Waals surface area contributed by atoms with E-state index in [1.54, 1.807) is 0 Å². The molecule has 1 aliphatic heterocycles. The topological polar surface area (TPSA) is 12.4 Å². The fraction of sp³-hybridized carbons (Fsp3) is 0.154. The van der Waals surface area contributed by atoms with Gasteiger partial charge in [-0.3, -0.25) is 4.99 Å². The summed E-state index contributed by atoms with van der Waals surface area (Å²) in [5.74, 6) is 1.01. The Bertz CT molecular complexity index is 388. The second-order valence-corrected chi connectivity index (χ2v) is 3.75. The van der Waals surface area contributed by atoms with Crippen molar-refractivity contribution in [3.05, 3.63) is 59.9 Å². The summed E-state index contributed by atoms with van der Waals surface area (Å²) >= 11 is 0. The molecule has 2 atom stereocenters. The number of fused-ring (bicyclic) bond motifs is 3. The molecule has 0 saturated heterocycles. The predicted molar refractivity (Wildman–Crippen MR) is 59.1 cm³/mol. The van der Waals surface area contributed by atoms with Crippen LogP contribution in [0.3, 0.4) is 0 Å². The van der Waals surface area contributed by atoms with Crippen LogP contribution in [0.1, 0.15) is 0 Å². The fourth-order valence-electron chi connectivity index (χ4n) is 2.21. The van der Waals surface area contributed by atoms with Gasteiger partial charge in [0, 0.05) is 24.3 Å². The molecule has 14 heavy (non-hydrogen) atoms. The van der Waals surface area contributed by atoms with Gasteiger partial charge in [0.15, 0.2) is 0 Å². The predicted octanol–water partition coefficient (Wildman–Crippen LogP) is 2.81. The lowest BCUT2D eigenvalue weighted by Gasteiger charge is -2.29. The highest BCUT2D eigenvalue weighted by Gasteiger charge is 2.26. The maximum atomic E-state index is 4.15. The highest BCUT2D eigenvalue weighted by Crippen LogP contribution is 2.36. The van der Waals surface area contributed by atoms with E-state index < -0.39 is 0 Å². The van der Waals surface area contributed by atoms with Crippen LogP contribution < -0.4 is 0 Å². The molecule has 0 saturated carbocycles. The summed E-state index contributed by atoms with van der Waals surface area (Å²) in [6, 6.07) is 0. The average molecular weight is 181 g/mol. The first kappa shape index (κ1) is 7.74. The fourth-order valence-corrected chi connectivity index (χ4v) is 2.21. The second kappa shape index (κ2) is 2.95. The van der Waals surface area contributed by atoms with Gasteiger partial charge in [-0.05, 0) is 11.1 Å². The van der Waals surface area contributed by atoms with Gasteiger partial charge in [0.25, 0.3) is 0 Å². The van der Waals surface area contributed by atoms with Crippen LogP contribution in [-0.4, -0.2) is 6.21 Å². The van der Waals surface area contributed by atoms with Crippen LogP contribution in [0.2, 0.25) is 0 Å². The standard InChI is InChI=1S/C13H11N/c1-2-4-12-10(3-1)5-6-11-9-14-8-7-13(11)12/h1-9,12-13H/t12-,13-/m1/s1. The van der Waals surface area contributed by atoms with E-state index in [0.29, 0.717) is 11.8 Å². The van der Waals surface area contributed by atoms with E-state index in [1.165, 1.54) is 11.1 Å². The Balaban J connectivity index is 2.08. The van der Waals surface area contributed by atoms with Crippen molar-refractivity contribution >= 4 is 6.21 Å². The lowest BCUT2D eigenvalue weighted by molar-refractivity contribution is 0.621. The maximum absolute atomic E-state index is 4.15. The minimum Gasteiger partial charge on any atom is -0.265 e. The van der Waals surface area contributed by atoms with Gasteiger partial charge in [0.05, 0.1) is 0 Å². The number of allylic oxidation sites excluding steroid dienone is 9. The van der Waals surface area contributed by atoms with Gasteiger partial charge in [0.1, 0.15) is 0 Å². The molecule has 0 bridgehead atoms. The van der Waals surface area contributed by atoms with Crippen molar-refractivity contribution in [3.63, 3.8) is 0 Å². The largest absolute Gasteiger partial charge is 0.265 e. The van der Waals surface area contributed by atoms with Crippen molar-refractivity contribution in [2.45, 2.75) is 0 Å². The molecule has 3 rings (SSSR count). The van der Waals surface area contributed by atoms with Crippen molar-refractivity contribution in [1.82, 2.24) is 0 Å². The van der Waals surface area contributed by atoms with E-state index in [2.05, 4.69) is 47.5 Å². The molecule has 0 aromatic rings. The smallest absolute Gasteiger partial charge is 0.0306 e. The van der Waals surface area contributed by atoms with Crippen molar-refractivity contribution in [2.24, 2.45) is 16.8 Å². The molecular formula is C13H11N. The minimum atomic E-state index is 0.494. The molecule has 0 N–H and O–H groups in total. The molecule has 3 aliphatic rings. The lowest BCUT2D eigenvalue weighted by atomic mass is 9.75. The molecule has 1 nitrogen and oxygen atoms in total. The SMILES string of the molecule is C1=CC2=CC=C3C=NC=C[C@H]3[C@@H]2C=C1. The quantitative estimate of drug-likeness (QED) is 0.545. The van der Waals surface area contributed by atoms with Crippen LogP contribution in [0, 0.1) is 11.8 Å². The Morgan fingerprint density at radius 1 is 0.929 bits per heavy atom. The van der Waals surface area contributed by atoms with Gasteiger partial charge in [-0.15, -0.1) is 0 Å². The van der Waals surface area contributed by atoms with E-state index in [1.807, 2.05) is 12.4 Å². The summed E-state index contributed by atoms with van der Waals surface area (Å²) in [5, 5.41) is 0. The van der Waals surface area contributed by atoms with E-state index >= 15 is 0 Å². The van der Waals surface area contributed by atoms with Crippen LogP contribution in [0.4, 0.5) is 0 Å². The van der Waals surface area contributed by atoms with E-state index in [4.69, 9.17) is 0 Å². The third kappa shape index (κ3) is 1.06. The second-order valence-electron chi connectivity index (χ2n) is 3.75. The monoisotopic (exact) mass is 181 g/mol.